The number of nitrogens with zero attached hydrogens (tertiary/aromatic N) is 2. The largest absolute Gasteiger partial charge is 0.371 e. The minimum atomic E-state index is -3.55. The van der Waals surface area contributed by atoms with Gasteiger partial charge in [0.25, 0.3) is 5.91 Å². The zero-order chi connectivity index (χ0) is 19.4. The Kier molecular flexibility index (Phi) is 6.42. The van der Waals surface area contributed by atoms with Crippen molar-refractivity contribution in [2.45, 2.75) is 50.8 Å². The molecular formula is C20H31N3O3S. The lowest BCUT2D eigenvalue weighted by Gasteiger charge is -2.27. The molecule has 2 fully saturated rings. The molecule has 27 heavy (non-hydrogen) atoms. The van der Waals surface area contributed by atoms with E-state index in [0.717, 1.165) is 50.9 Å². The van der Waals surface area contributed by atoms with Crippen LogP contribution in [0.1, 0.15) is 56.3 Å². The van der Waals surface area contributed by atoms with Crippen LogP contribution in [-0.4, -0.2) is 51.4 Å². The number of carbonyl (C=O) groups is 1. The Morgan fingerprint density at radius 1 is 1.04 bits per heavy atom. The van der Waals surface area contributed by atoms with Gasteiger partial charge in [0.15, 0.2) is 0 Å². The van der Waals surface area contributed by atoms with Crippen molar-refractivity contribution in [3.63, 3.8) is 0 Å². The SMILES string of the molecule is CC(C)CNC(=O)c1cc(S(=O)(=O)N2CCCCC2)ccc1N1CCCC1. The van der Waals surface area contributed by atoms with Gasteiger partial charge in [-0.05, 0) is 49.8 Å². The Morgan fingerprint density at radius 2 is 1.67 bits per heavy atom. The van der Waals surface area contributed by atoms with Crippen molar-refractivity contribution in [2.24, 2.45) is 5.92 Å². The molecule has 0 bridgehead atoms. The van der Waals surface area contributed by atoms with E-state index in [1.54, 1.807) is 16.4 Å². The number of benzene rings is 1. The molecule has 0 aliphatic carbocycles. The molecule has 0 spiro atoms. The highest BCUT2D eigenvalue weighted by Gasteiger charge is 2.28. The van der Waals surface area contributed by atoms with E-state index in [2.05, 4.69) is 10.2 Å². The maximum Gasteiger partial charge on any atom is 0.253 e. The Labute approximate surface area is 163 Å². The highest BCUT2D eigenvalue weighted by Crippen LogP contribution is 2.29. The van der Waals surface area contributed by atoms with Crippen LogP contribution in [0.2, 0.25) is 0 Å². The van der Waals surface area contributed by atoms with Crippen molar-refractivity contribution in [1.82, 2.24) is 9.62 Å². The fraction of sp³-hybridized carbons (Fsp3) is 0.650. The number of rotatable bonds is 6. The van der Waals surface area contributed by atoms with Crippen LogP contribution in [0.15, 0.2) is 23.1 Å². The summed E-state index contributed by atoms with van der Waals surface area (Å²) >= 11 is 0. The second kappa shape index (κ2) is 8.61. The molecule has 150 valence electrons. The molecule has 1 aromatic rings. The third-order valence-corrected chi connectivity index (χ3v) is 7.18. The molecule has 1 N–H and O–H groups in total. The van der Waals surface area contributed by atoms with E-state index in [9.17, 15) is 13.2 Å². The lowest BCUT2D eigenvalue weighted by molar-refractivity contribution is 0.0949. The quantitative estimate of drug-likeness (QED) is 0.807. The standard InChI is InChI=1S/C20H31N3O3S/c1-16(2)15-21-20(24)18-14-17(8-9-19(18)22-10-6-7-11-22)27(25,26)23-12-4-3-5-13-23/h8-9,14,16H,3-7,10-13,15H2,1-2H3,(H,21,24). The number of anilines is 1. The number of piperidine rings is 1. The van der Waals surface area contributed by atoms with Crippen molar-refractivity contribution in [3.8, 4) is 0 Å². The summed E-state index contributed by atoms with van der Waals surface area (Å²) in [5.41, 5.74) is 1.31. The molecule has 2 aliphatic rings. The summed E-state index contributed by atoms with van der Waals surface area (Å²) in [5.74, 6) is 0.144. The molecule has 1 amide bonds. The van der Waals surface area contributed by atoms with Crippen LogP contribution in [0.5, 0.6) is 0 Å². The van der Waals surface area contributed by atoms with Crippen molar-refractivity contribution in [3.05, 3.63) is 23.8 Å². The Hall–Kier alpha value is -1.60. The van der Waals surface area contributed by atoms with Crippen LogP contribution in [0.3, 0.4) is 0 Å². The van der Waals surface area contributed by atoms with Gasteiger partial charge in [-0.1, -0.05) is 20.3 Å². The molecule has 1 aromatic carbocycles. The molecule has 2 aliphatic heterocycles. The number of sulfonamides is 1. The molecule has 0 saturated carbocycles. The Balaban J connectivity index is 1.94. The number of carbonyl (C=O) groups excluding carboxylic acids is 1. The lowest BCUT2D eigenvalue weighted by atomic mass is 10.1. The zero-order valence-corrected chi connectivity index (χ0v) is 17.2. The maximum absolute atomic E-state index is 13.0. The maximum atomic E-state index is 13.0. The number of hydrogen-bond acceptors (Lipinski definition) is 4. The summed E-state index contributed by atoms with van der Waals surface area (Å²) in [5, 5.41) is 2.95. The van der Waals surface area contributed by atoms with Crippen molar-refractivity contribution < 1.29 is 13.2 Å². The molecule has 0 radical (unpaired) electrons. The molecule has 2 heterocycles. The van der Waals surface area contributed by atoms with Gasteiger partial charge in [-0.15, -0.1) is 0 Å². The first-order valence-corrected chi connectivity index (χ1v) is 11.5. The van der Waals surface area contributed by atoms with E-state index < -0.39 is 10.0 Å². The summed E-state index contributed by atoms with van der Waals surface area (Å²) in [6.45, 7) is 7.58. The minimum absolute atomic E-state index is 0.193. The van der Waals surface area contributed by atoms with E-state index >= 15 is 0 Å². The monoisotopic (exact) mass is 393 g/mol. The summed E-state index contributed by atoms with van der Waals surface area (Å²) in [6, 6.07) is 5.05. The van der Waals surface area contributed by atoms with Gasteiger partial charge in [0.05, 0.1) is 10.5 Å². The first-order chi connectivity index (χ1) is 12.9. The summed E-state index contributed by atoms with van der Waals surface area (Å²) in [4.78, 5) is 15.2. The Bertz CT molecular complexity index is 765. The van der Waals surface area contributed by atoms with Gasteiger partial charge < -0.3 is 10.2 Å². The van der Waals surface area contributed by atoms with Crippen LogP contribution in [0.4, 0.5) is 5.69 Å². The van der Waals surface area contributed by atoms with Crippen molar-refractivity contribution in [1.29, 1.82) is 0 Å². The van der Waals surface area contributed by atoms with Gasteiger partial charge in [-0.25, -0.2) is 8.42 Å². The van der Waals surface area contributed by atoms with Crippen molar-refractivity contribution in [2.75, 3.05) is 37.6 Å². The molecule has 0 aromatic heterocycles. The second-order valence-electron chi connectivity index (χ2n) is 7.94. The Morgan fingerprint density at radius 3 is 2.30 bits per heavy atom. The van der Waals surface area contributed by atoms with Crippen LogP contribution in [0.25, 0.3) is 0 Å². The zero-order valence-electron chi connectivity index (χ0n) is 16.4. The van der Waals surface area contributed by atoms with Crippen LogP contribution >= 0.6 is 0 Å². The predicted octanol–water partition coefficient (Wildman–Crippen LogP) is 2.85. The summed E-state index contributed by atoms with van der Waals surface area (Å²) in [7, 11) is -3.55. The first kappa shape index (κ1) is 20.1. The summed E-state index contributed by atoms with van der Waals surface area (Å²) in [6.07, 6.45) is 5.06. The van der Waals surface area contributed by atoms with Gasteiger partial charge in [0, 0.05) is 38.4 Å². The van der Waals surface area contributed by atoms with Gasteiger partial charge in [0.1, 0.15) is 0 Å². The van der Waals surface area contributed by atoms with E-state index in [1.807, 2.05) is 19.9 Å². The molecule has 7 heteroatoms. The van der Waals surface area contributed by atoms with E-state index in [-0.39, 0.29) is 10.8 Å². The van der Waals surface area contributed by atoms with E-state index in [1.165, 1.54) is 0 Å². The molecule has 0 unspecified atom stereocenters. The smallest absolute Gasteiger partial charge is 0.253 e. The summed E-state index contributed by atoms with van der Waals surface area (Å²) < 4.78 is 27.6. The normalized spacial score (nSPS) is 18.9. The van der Waals surface area contributed by atoms with Gasteiger partial charge in [-0.3, -0.25) is 4.79 Å². The minimum Gasteiger partial charge on any atom is -0.371 e. The van der Waals surface area contributed by atoms with Gasteiger partial charge in [0.2, 0.25) is 10.0 Å². The first-order valence-electron chi connectivity index (χ1n) is 10.1. The van der Waals surface area contributed by atoms with Gasteiger partial charge in [-0.2, -0.15) is 4.31 Å². The van der Waals surface area contributed by atoms with Crippen LogP contribution in [-0.2, 0) is 10.0 Å². The fourth-order valence-corrected chi connectivity index (χ4v) is 5.28. The molecule has 2 saturated heterocycles. The lowest BCUT2D eigenvalue weighted by Crippen LogP contribution is -2.36. The average Bonchev–Trinajstić information content (AvgIpc) is 3.21. The predicted molar refractivity (Wildman–Crippen MR) is 108 cm³/mol. The van der Waals surface area contributed by atoms with Crippen LogP contribution in [0, 0.1) is 5.92 Å². The number of hydrogen-bond donors (Lipinski definition) is 1. The van der Waals surface area contributed by atoms with Gasteiger partial charge >= 0.3 is 0 Å². The van der Waals surface area contributed by atoms with E-state index in [4.69, 9.17) is 0 Å². The highest BCUT2D eigenvalue weighted by molar-refractivity contribution is 7.89. The average molecular weight is 394 g/mol. The molecule has 0 atom stereocenters. The number of amides is 1. The van der Waals surface area contributed by atoms with Crippen molar-refractivity contribution >= 4 is 21.6 Å². The number of nitrogens with one attached hydrogen (secondary N) is 1. The topological polar surface area (TPSA) is 69.7 Å². The molecule has 3 rings (SSSR count). The fourth-order valence-electron chi connectivity index (χ4n) is 3.74. The van der Waals surface area contributed by atoms with Crippen LogP contribution < -0.4 is 10.2 Å². The molecule has 6 nitrogen and oxygen atoms in total. The molecular weight excluding hydrogens is 362 g/mol. The second-order valence-corrected chi connectivity index (χ2v) is 9.88. The third-order valence-electron chi connectivity index (χ3n) is 5.28. The third kappa shape index (κ3) is 4.63. The highest BCUT2D eigenvalue weighted by atomic mass is 32.2. The van der Waals surface area contributed by atoms with E-state index in [0.29, 0.717) is 31.1 Å².